The zero-order valence-corrected chi connectivity index (χ0v) is 14.0. The third-order valence-electron chi connectivity index (χ3n) is 3.24. The maximum atomic E-state index is 11.4. The molecule has 6 heteroatoms. The molecule has 0 saturated carbocycles. The molecular formula is C19H22O6. The number of phenols is 2. The smallest absolute Gasteiger partial charge is 0.341 e. The molecule has 25 heavy (non-hydrogen) atoms. The van der Waals surface area contributed by atoms with Gasteiger partial charge >= 0.3 is 11.9 Å². The quantitative estimate of drug-likeness (QED) is 0.542. The van der Waals surface area contributed by atoms with Crippen LogP contribution in [0.15, 0.2) is 48.5 Å². The van der Waals surface area contributed by atoms with Crippen LogP contribution in [0.2, 0.25) is 0 Å². The van der Waals surface area contributed by atoms with E-state index in [0.717, 1.165) is 19.3 Å². The molecule has 0 fully saturated rings. The molecule has 6 nitrogen and oxygen atoms in total. The number of carboxylic acids is 1. The first-order valence-electron chi connectivity index (χ1n) is 7.93. The van der Waals surface area contributed by atoms with Gasteiger partial charge in [-0.2, -0.15) is 0 Å². The van der Waals surface area contributed by atoms with Gasteiger partial charge in [-0.3, -0.25) is 0 Å². The molecule has 0 aliphatic heterocycles. The third kappa shape index (κ3) is 6.95. The largest absolute Gasteiger partial charge is 0.507 e. The number of hydrogen-bond donors (Lipinski definition) is 3. The van der Waals surface area contributed by atoms with Gasteiger partial charge in [-0.15, -0.1) is 0 Å². The molecule has 0 aliphatic rings. The number of carbonyl (C=O) groups excluding carboxylic acids is 1. The molecule has 0 aliphatic carbocycles. The topological polar surface area (TPSA) is 104 Å². The van der Waals surface area contributed by atoms with Crippen molar-refractivity contribution in [1.82, 2.24) is 0 Å². The normalized spacial score (nSPS) is 9.64. The lowest BCUT2D eigenvalue weighted by Crippen LogP contribution is -2.06. The van der Waals surface area contributed by atoms with Gasteiger partial charge in [0.25, 0.3) is 0 Å². The van der Waals surface area contributed by atoms with E-state index < -0.39 is 11.9 Å². The molecular weight excluding hydrogens is 324 g/mol. The number of unbranched alkanes of at least 4 members (excludes halogenated alkanes) is 2. The summed E-state index contributed by atoms with van der Waals surface area (Å²) in [6.07, 6.45) is 3.01. The molecule has 3 N–H and O–H groups in total. The molecule has 0 bridgehead atoms. The van der Waals surface area contributed by atoms with E-state index >= 15 is 0 Å². The number of ether oxygens (including phenoxy) is 1. The van der Waals surface area contributed by atoms with E-state index in [9.17, 15) is 14.7 Å². The van der Waals surface area contributed by atoms with Crippen LogP contribution < -0.4 is 0 Å². The fraction of sp³-hybridized carbons (Fsp3) is 0.263. The lowest BCUT2D eigenvalue weighted by atomic mass is 10.2. The summed E-state index contributed by atoms with van der Waals surface area (Å²) < 4.78 is 5.01. The summed E-state index contributed by atoms with van der Waals surface area (Å²) in [5.74, 6) is -1.80. The van der Waals surface area contributed by atoms with Gasteiger partial charge < -0.3 is 20.1 Å². The van der Waals surface area contributed by atoms with E-state index in [1.165, 1.54) is 18.2 Å². The Morgan fingerprint density at radius 3 is 1.84 bits per heavy atom. The first kappa shape index (κ1) is 20.0. The Morgan fingerprint density at radius 1 is 0.880 bits per heavy atom. The van der Waals surface area contributed by atoms with Gasteiger partial charge in [0, 0.05) is 0 Å². The Labute approximate surface area is 146 Å². The molecule has 0 amide bonds. The second-order valence-electron chi connectivity index (χ2n) is 5.18. The SMILES string of the molecule is CCCCCOC(=O)c1ccccc1O.O=C(O)c1ccccc1O. The van der Waals surface area contributed by atoms with E-state index in [4.69, 9.17) is 14.9 Å². The number of aromatic hydroxyl groups is 2. The van der Waals surface area contributed by atoms with Crippen molar-refractivity contribution < 1.29 is 29.6 Å². The summed E-state index contributed by atoms with van der Waals surface area (Å²) in [6.45, 7) is 2.51. The summed E-state index contributed by atoms with van der Waals surface area (Å²) in [5, 5.41) is 26.7. The van der Waals surface area contributed by atoms with Crippen LogP contribution in [0.25, 0.3) is 0 Å². The van der Waals surface area contributed by atoms with Crippen LogP contribution in [0.4, 0.5) is 0 Å². The molecule has 0 unspecified atom stereocenters. The fourth-order valence-electron chi connectivity index (χ4n) is 1.90. The van der Waals surface area contributed by atoms with Crippen LogP contribution in [-0.2, 0) is 4.74 Å². The van der Waals surface area contributed by atoms with E-state index in [0.29, 0.717) is 6.61 Å². The van der Waals surface area contributed by atoms with Gasteiger partial charge in [-0.1, -0.05) is 44.0 Å². The molecule has 0 aromatic heterocycles. The van der Waals surface area contributed by atoms with Gasteiger partial charge in [-0.25, -0.2) is 9.59 Å². The van der Waals surface area contributed by atoms with Crippen molar-refractivity contribution in [3.63, 3.8) is 0 Å². The van der Waals surface area contributed by atoms with Crippen molar-refractivity contribution in [3.8, 4) is 11.5 Å². The number of para-hydroxylation sites is 2. The third-order valence-corrected chi connectivity index (χ3v) is 3.24. The van der Waals surface area contributed by atoms with Crippen LogP contribution in [0.1, 0.15) is 46.9 Å². The summed E-state index contributed by atoms with van der Waals surface area (Å²) in [5.41, 5.74) is 0.163. The lowest BCUT2D eigenvalue weighted by Gasteiger charge is -2.05. The second-order valence-corrected chi connectivity index (χ2v) is 5.18. The molecule has 0 radical (unpaired) electrons. The molecule has 134 valence electrons. The van der Waals surface area contributed by atoms with Crippen LogP contribution in [0.5, 0.6) is 11.5 Å². The average Bonchev–Trinajstić information content (AvgIpc) is 2.59. The van der Waals surface area contributed by atoms with Gasteiger partial charge in [0.2, 0.25) is 0 Å². The maximum Gasteiger partial charge on any atom is 0.341 e. The molecule has 2 rings (SSSR count). The zero-order valence-electron chi connectivity index (χ0n) is 14.0. The van der Waals surface area contributed by atoms with Crippen molar-refractivity contribution in [2.75, 3.05) is 6.61 Å². The van der Waals surface area contributed by atoms with Crippen LogP contribution in [0.3, 0.4) is 0 Å². The van der Waals surface area contributed by atoms with Gasteiger partial charge in [0.05, 0.1) is 6.61 Å². The standard InChI is InChI=1S/C12H16O3.C7H6O3/c1-2-3-6-9-15-12(14)10-7-4-5-8-11(10)13;8-6-4-2-1-3-5(6)7(9)10/h4-5,7-8,13H,2-3,6,9H2,1H3;1-4,8H,(H,9,10). The van der Waals surface area contributed by atoms with Gasteiger partial charge in [0.1, 0.15) is 22.6 Å². The fourth-order valence-corrected chi connectivity index (χ4v) is 1.90. The Hall–Kier alpha value is -3.02. The Balaban J connectivity index is 0.000000271. The number of esters is 1. The second kappa shape index (κ2) is 10.7. The number of benzene rings is 2. The van der Waals surface area contributed by atoms with Crippen LogP contribution >= 0.6 is 0 Å². The number of phenolic OH excluding ortho intramolecular Hbond substituents is 1. The maximum absolute atomic E-state index is 11.4. The number of carboxylic acid groups (broad SMARTS) is 1. The minimum Gasteiger partial charge on any atom is -0.507 e. The number of carbonyl (C=O) groups is 2. The monoisotopic (exact) mass is 346 g/mol. The van der Waals surface area contributed by atoms with Crippen molar-refractivity contribution >= 4 is 11.9 Å². The highest BCUT2D eigenvalue weighted by Crippen LogP contribution is 2.16. The van der Waals surface area contributed by atoms with Gasteiger partial charge in [0.15, 0.2) is 0 Å². The van der Waals surface area contributed by atoms with E-state index in [2.05, 4.69) is 6.92 Å². The van der Waals surface area contributed by atoms with Crippen molar-refractivity contribution in [2.24, 2.45) is 0 Å². The first-order chi connectivity index (χ1) is 12.0. The number of rotatable bonds is 6. The van der Waals surface area contributed by atoms with E-state index in [-0.39, 0.29) is 22.6 Å². The highest BCUT2D eigenvalue weighted by Gasteiger charge is 2.10. The summed E-state index contributed by atoms with van der Waals surface area (Å²) in [6, 6.07) is 12.2. The van der Waals surface area contributed by atoms with Gasteiger partial charge in [-0.05, 0) is 30.7 Å². The zero-order chi connectivity index (χ0) is 18.7. The van der Waals surface area contributed by atoms with E-state index in [1.807, 2.05) is 0 Å². The summed E-state index contributed by atoms with van der Waals surface area (Å²) in [4.78, 5) is 21.7. The Kier molecular flexibility index (Phi) is 8.57. The van der Waals surface area contributed by atoms with Crippen molar-refractivity contribution in [1.29, 1.82) is 0 Å². The van der Waals surface area contributed by atoms with E-state index in [1.54, 1.807) is 30.3 Å². The minimum absolute atomic E-state index is 0.0296. The van der Waals surface area contributed by atoms with Crippen molar-refractivity contribution in [2.45, 2.75) is 26.2 Å². The molecule has 0 saturated heterocycles. The molecule has 0 spiro atoms. The van der Waals surface area contributed by atoms with Crippen LogP contribution in [-0.4, -0.2) is 33.9 Å². The Bertz CT molecular complexity index is 696. The van der Waals surface area contributed by atoms with Crippen molar-refractivity contribution in [3.05, 3.63) is 59.7 Å². The van der Waals surface area contributed by atoms with Crippen LogP contribution in [0, 0.1) is 0 Å². The first-order valence-corrected chi connectivity index (χ1v) is 7.93. The number of aromatic carboxylic acids is 1. The minimum atomic E-state index is -1.11. The highest BCUT2D eigenvalue weighted by atomic mass is 16.5. The predicted octanol–water partition coefficient (Wildman–Crippen LogP) is 3.83. The molecule has 0 heterocycles. The Morgan fingerprint density at radius 2 is 1.40 bits per heavy atom. The molecule has 0 atom stereocenters. The number of hydrogen-bond acceptors (Lipinski definition) is 5. The lowest BCUT2D eigenvalue weighted by molar-refractivity contribution is 0.0494. The predicted molar refractivity (Wildman–Crippen MR) is 93.0 cm³/mol. The highest BCUT2D eigenvalue weighted by molar-refractivity contribution is 5.92. The summed E-state index contributed by atoms with van der Waals surface area (Å²) >= 11 is 0. The molecule has 2 aromatic carbocycles. The summed E-state index contributed by atoms with van der Waals surface area (Å²) in [7, 11) is 0. The molecule has 2 aromatic rings. The average molecular weight is 346 g/mol.